The number of piperidine rings is 1. The van der Waals surface area contributed by atoms with E-state index in [9.17, 15) is 9.90 Å². The number of benzene rings is 2. The van der Waals surface area contributed by atoms with Crippen molar-refractivity contribution in [1.29, 1.82) is 0 Å². The summed E-state index contributed by atoms with van der Waals surface area (Å²) in [5, 5.41) is 15.0. The fourth-order valence-electron chi connectivity index (χ4n) is 5.84. The monoisotopic (exact) mass is 648 g/mol. The van der Waals surface area contributed by atoms with Crippen molar-refractivity contribution in [2.24, 2.45) is 11.7 Å². The number of ketones is 1. The predicted molar refractivity (Wildman–Crippen MR) is 174 cm³/mol. The second kappa shape index (κ2) is 15.1. The molecule has 1 aliphatic heterocycles. The Morgan fingerprint density at radius 1 is 1.05 bits per heavy atom. The second-order valence-electron chi connectivity index (χ2n) is 10.6. The van der Waals surface area contributed by atoms with Crippen molar-refractivity contribution in [3.05, 3.63) is 52.1 Å². The molecule has 11 heteroatoms. The molecule has 0 spiro atoms. The van der Waals surface area contributed by atoms with E-state index in [4.69, 9.17) is 28.9 Å². The Morgan fingerprint density at radius 2 is 1.73 bits per heavy atom. The fraction of sp³-hybridized carbons (Fsp3) is 0.448. The highest BCUT2D eigenvalue weighted by Gasteiger charge is 2.26. The van der Waals surface area contributed by atoms with Crippen LogP contribution in [0.15, 0.2) is 36.5 Å². The Hall–Kier alpha value is -1.51. The van der Waals surface area contributed by atoms with Gasteiger partial charge in [-0.15, -0.1) is 37.2 Å². The SMILES string of the molecule is CC(=O)c1cnc2ccc(-c3cc(Cl)c(O)c(Cl)c3)cc2c1N[C@H]1CC[C@H](CN2CCCC(N)C2)CC1.Cl.Cl.Cl. The van der Waals surface area contributed by atoms with Gasteiger partial charge in [-0.2, -0.15) is 0 Å². The molecule has 1 saturated carbocycles. The van der Waals surface area contributed by atoms with E-state index in [2.05, 4.69) is 15.2 Å². The minimum Gasteiger partial charge on any atom is -0.505 e. The molecule has 0 amide bonds. The Labute approximate surface area is 264 Å². The highest BCUT2D eigenvalue weighted by atomic mass is 35.5. The summed E-state index contributed by atoms with van der Waals surface area (Å²) < 4.78 is 0. The number of phenolic OH excluding ortho intramolecular Hbond substituents is 1. The normalized spacial score (nSPS) is 21.1. The second-order valence-corrected chi connectivity index (χ2v) is 11.5. The number of carbonyl (C=O) groups is 1. The summed E-state index contributed by atoms with van der Waals surface area (Å²) in [7, 11) is 0. The molecule has 1 atom stereocenters. The van der Waals surface area contributed by atoms with Crippen LogP contribution in [0.5, 0.6) is 5.75 Å². The average Bonchev–Trinajstić information content (AvgIpc) is 2.88. The van der Waals surface area contributed by atoms with Crippen LogP contribution >= 0.6 is 60.4 Å². The molecule has 2 aliphatic rings. The molecule has 2 heterocycles. The maximum absolute atomic E-state index is 12.6. The summed E-state index contributed by atoms with van der Waals surface area (Å²) in [6.07, 6.45) is 8.47. The van der Waals surface area contributed by atoms with Crippen LogP contribution in [0.1, 0.15) is 55.8 Å². The van der Waals surface area contributed by atoms with E-state index in [1.807, 2.05) is 18.2 Å². The number of phenols is 1. The third kappa shape index (κ3) is 7.86. The largest absolute Gasteiger partial charge is 0.505 e. The molecule has 220 valence electrons. The Bertz CT molecular complexity index is 1290. The summed E-state index contributed by atoms with van der Waals surface area (Å²) >= 11 is 12.4. The van der Waals surface area contributed by atoms with Crippen LogP contribution in [-0.2, 0) is 0 Å². The molecular weight excluding hydrogens is 614 g/mol. The van der Waals surface area contributed by atoms with Crippen LogP contribution in [0.4, 0.5) is 5.69 Å². The number of hydrogen-bond acceptors (Lipinski definition) is 6. The number of hydrogen-bond donors (Lipinski definition) is 3. The predicted octanol–water partition coefficient (Wildman–Crippen LogP) is 7.78. The van der Waals surface area contributed by atoms with Crippen molar-refractivity contribution in [1.82, 2.24) is 9.88 Å². The van der Waals surface area contributed by atoms with Gasteiger partial charge in [-0.1, -0.05) is 29.3 Å². The van der Waals surface area contributed by atoms with E-state index >= 15 is 0 Å². The molecule has 1 aliphatic carbocycles. The van der Waals surface area contributed by atoms with Crippen LogP contribution in [0.3, 0.4) is 0 Å². The van der Waals surface area contributed by atoms with Gasteiger partial charge in [0.25, 0.3) is 0 Å². The minimum atomic E-state index is -0.130. The molecule has 1 aromatic heterocycles. The van der Waals surface area contributed by atoms with Crippen molar-refractivity contribution in [3.63, 3.8) is 0 Å². The number of aromatic nitrogens is 1. The first-order chi connectivity index (χ1) is 17.8. The number of carbonyl (C=O) groups excluding carboxylic acids is 1. The minimum absolute atomic E-state index is 0. The number of Topliss-reactive ketones (excluding diaryl/α,β-unsaturated/α-hetero) is 1. The zero-order chi connectivity index (χ0) is 26.1. The number of rotatable bonds is 6. The summed E-state index contributed by atoms with van der Waals surface area (Å²) in [5.41, 5.74) is 10.1. The lowest BCUT2D eigenvalue weighted by atomic mass is 9.85. The van der Waals surface area contributed by atoms with E-state index in [0.29, 0.717) is 23.6 Å². The van der Waals surface area contributed by atoms with Gasteiger partial charge in [-0.05, 0) is 93.3 Å². The van der Waals surface area contributed by atoms with E-state index in [1.54, 1.807) is 25.3 Å². The maximum atomic E-state index is 12.6. The zero-order valence-electron chi connectivity index (χ0n) is 22.4. The average molecular weight is 651 g/mol. The molecule has 0 radical (unpaired) electrons. The highest BCUT2D eigenvalue weighted by molar-refractivity contribution is 6.37. The van der Waals surface area contributed by atoms with Gasteiger partial charge in [-0.25, -0.2) is 0 Å². The summed E-state index contributed by atoms with van der Waals surface area (Å²) in [6.45, 7) is 4.90. The van der Waals surface area contributed by atoms with E-state index in [0.717, 1.165) is 79.5 Å². The number of anilines is 1. The molecule has 3 aromatic rings. The van der Waals surface area contributed by atoms with Crippen LogP contribution in [0.2, 0.25) is 10.0 Å². The Kier molecular flexibility index (Phi) is 13.1. The number of nitrogens with zero attached hydrogens (tertiary/aromatic N) is 2. The van der Waals surface area contributed by atoms with Gasteiger partial charge < -0.3 is 21.1 Å². The zero-order valence-corrected chi connectivity index (χ0v) is 26.3. The Balaban J connectivity index is 0.00000187. The molecule has 2 aromatic carbocycles. The number of fused-ring (bicyclic) bond motifs is 1. The van der Waals surface area contributed by atoms with Gasteiger partial charge in [0.2, 0.25) is 0 Å². The first kappa shape index (κ1) is 34.7. The van der Waals surface area contributed by atoms with Crippen molar-refractivity contribution in [2.45, 2.75) is 57.5 Å². The van der Waals surface area contributed by atoms with Gasteiger partial charge in [0.15, 0.2) is 11.5 Å². The first-order valence-corrected chi connectivity index (χ1v) is 13.9. The van der Waals surface area contributed by atoms with Crippen LogP contribution in [0.25, 0.3) is 22.0 Å². The number of pyridine rings is 1. The standard InChI is InChI=1S/C29H34Cl2N4O2.3ClH/c1-17(36)24-14-33-27-9-6-19(20-12-25(30)29(37)26(31)13-20)11-23(27)28(24)34-22-7-4-18(5-8-22)15-35-10-2-3-21(32)16-35;;;/h6,9,11-14,18,21-22,37H,2-5,7-8,10,15-16,32H2,1H3,(H,33,34);3*1H/t18-,21?,22-;;;. The third-order valence-electron chi connectivity index (χ3n) is 7.85. The van der Waals surface area contributed by atoms with Gasteiger partial charge in [-0.3, -0.25) is 9.78 Å². The number of likely N-dealkylation sites (tertiary alicyclic amines) is 1. The molecule has 4 N–H and O–H groups in total. The molecule has 1 saturated heterocycles. The van der Waals surface area contributed by atoms with Crippen molar-refractivity contribution in [2.75, 3.05) is 25.0 Å². The smallest absolute Gasteiger partial charge is 0.163 e. The lowest BCUT2D eigenvalue weighted by Gasteiger charge is -2.36. The number of halogens is 5. The van der Waals surface area contributed by atoms with Crippen LogP contribution in [-0.4, -0.2) is 52.5 Å². The summed E-state index contributed by atoms with van der Waals surface area (Å²) in [5.74, 6) is 0.544. The van der Waals surface area contributed by atoms with Gasteiger partial charge in [0, 0.05) is 36.8 Å². The van der Waals surface area contributed by atoms with E-state index < -0.39 is 0 Å². The Morgan fingerprint density at radius 3 is 2.35 bits per heavy atom. The highest BCUT2D eigenvalue weighted by Crippen LogP contribution is 2.39. The third-order valence-corrected chi connectivity index (χ3v) is 8.43. The number of nitrogens with two attached hydrogens (primary N) is 1. The summed E-state index contributed by atoms with van der Waals surface area (Å²) in [4.78, 5) is 19.7. The van der Waals surface area contributed by atoms with Crippen LogP contribution < -0.4 is 11.1 Å². The van der Waals surface area contributed by atoms with Crippen LogP contribution in [0, 0.1) is 5.92 Å². The number of nitrogens with one attached hydrogen (secondary N) is 1. The molecule has 0 bridgehead atoms. The molecule has 1 unspecified atom stereocenters. The number of aromatic hydroxyl groups is 1. The summed E-state index contributed by atoms with van der Waals surface area (Å²) in [6, 6.07) is 9.89. The lowest BCUT2D eigenvalue weighted by molar-refractivity contribution is 0.101. The van der Waals surface area contributed by atoms with E-state index in [1.165, 1.54) is 6.42 Å². The molecule has 40 heavy (non-hydrogen) atoms. The van der Waals surface area contributed by atoms with Crippen molar-refractivity contribution < 1.29 is 9.90 Å². The maximum Gasteiger partial charge on any atom is 0.163 e. The van der Waals surface area contributed by atoms with Gasteiger partial charge >= 0.3 is 0 Å². The lowest BCUT2D eigenvalue weighted by Crippen LogP contribution is -2.45. The van der Waals surface area contributed by atoms with Crippen molar-refractivity contribution in [3.8, 4) is 16.9 Å². The molecular formula is C29H37Cl5N4O2. The molecule has 2 fully saturated rings. The van der Waals surface area contributed by atoms with E-state index in [-0.39, 0.29) is 58.8 Å². The topological polar surface area (TPSA) is 91.5 Å². The van der Waals surface area contributed by atoms with Gasteiger partial charge in [0.05, 0.1) is 26.8 Å². The fourth-order valence-corrected chi connectivity index (χ4v) is 6.33. The molecule has 6 nitrogen and oxygen atoms in total. The first-order valence-electron chi connectivity index (χ1n) is 13.1. The quantitative estimate of drug-likeness (QED) is 0.236. The molecule has 5 rings (SSSR count). The van der Waals surface area contributed by atoms with Crippen molar-refractivity contribution >= 4 is 82.8 Å². The van der Waals surface area contributed by atoms with Gasteiger partial charge in [0.1, 0.15) is 0 Å².